The normalized spacial score (nSPS) is 17.1. The van der Waals surface area contributed by atoms with E-state index in [2.05, 4.69) is 35.4 Å². The Morgan fingerprint density at radius 3 is 2.83 bits per heavy atom. The van der Waals surface area contributed by atoms with Crippen molar-refractivity contribution in [3.63, 3.8) is 0 Å². The summed E-state index contributed by atoms with van der Waals surface area (Å²) >= 11 is 1.05. The average Bonchev–Trinajstić information content (AvgIpc) is 3.32. The van der Waals surface area contributed by atoms with Crippen LogP contribution in [0, 0.1) is 0 Å². The van der Waals surface area contributed by atoms with E-state index in [1.54, 1.807) is 18.6 Å². The van der Waals surface area contributed by atoms with Gasteiger partial charge in [-0.25, -0.2) is 15.0 Å². The third-order valence-corrected chi connectivity index (χ3v) is 7.77. The molecule has 0 spiro atoms. The molecule has 40 heavy (non-hydrogen) atoms. The molecule has 0 bridgehead atoms. The summed E-state index contributed by atoms with van der Waals surface area (Å²) in [6.45, 7) is 3.80. The molecular weight excluding hydrogens is 547 g/mol. The van der Waals surface area contributed by atoms with Gasteiger partial charge in [0.25, 0.3) is 5.91 Å². The second-order valence-electron chi connectivity index (χ2n) is 9.76. The Kier molecular flexibility index (Phi) is 7.00. The number of anilines is 2. The van der Waals surface area contributed by atoms with Crippen molar-refractivity contribution in [1.29, 1.82) is 0 Å². The van der Waals surface area contributed by atoms with Crippen LogP contribution in [0.1, 0.15) is 54.3 Å². The van der Waals surface area contributed by atoms with Crippen LogP contribution < -0.4 is 10.2 Å². The fraction of sp³-hybridized carbons (Fsp3) is 0.440. The van der Waals surface area contributed by atoms with Crippen molar-refractivity contribution in [3.8, 4) is 16.5 Å². The molecule has 6 rings (SSSR count). The number of halogens is 3. The topological polar surface area (TPSA) is 116 Å². The van der Waals surface area contributed by atoms with Gasteiger partial charge in [-0.15, -0.1) is 21.5 Å². The molecule has 1 N–H and O–H groups in total. The monoisotopic (exact) mass is 573 g/mol. The van der Waals surface area contributed by atoms with Crippen molar-refractivity contribution in [1.82, 2.24) is 34.3 Å². The van der Waals surface area contributed by atoms with Crippen molar-refractivity contribution in [2.45, 2.75) is 44.3 Å². The predicted molar refractivity (Wildman–Crippen MR) is 141 cm³/mol. The highest BCUT2D eigenvalue weighted by Crippen LogP contribution is 2.39. The molecule has 1 aliphatic carbocycles. The number of alkyl halides is 3. The maximum Gasteiger partial charge on any atom is 0.408 e. The first-order valence-electron chi connectivity index (χ1n) is 12.9. The summed E-state index contributed by atoms with van der Waals surface area (Å²) in [6.07, 6.45) is 5.10. The van der Waals surface area contributed by atoms with Crippen LogP contribution >= 0.6 is 11.3 Å². The van der Waals surface area contributed by atoms with E-state index in [4.69, 9.17) is 4.74 Å². The molecule has 4 aromatic heterocycles. The zero-order valence-electron chi connectivity index (χ0n) is 21.5. The summed E-state index contributed by atoms with van der Waals surface area (Å²) in [5.41, 5.74) is 2.83. The molecule has 2 fully saturated rings. The van der Waals surface area contributed by atoms with E-state index in [1.807, 2.05) is 10.8 Å². The van der Waals surface area contributed by atoms with Crippen molar-refractivity contribution >= 4 is 28.7 Å². The van der Waals surface area contributed by atoms with Gasteiger partial charge in [-0.3, -0.25) is 9.36 Å². The van der Waals surface area contributed by atoms with Crippen molar-refractivity contribution in [3.05, 3.63) is 47.9 Å². The summed E-state index contributed by atoms with van der Waals surface area (Å²) in [6, 6.07) is -0.121. The molecule has 2 aliphatic rings. The smallest absolute Gasteiger partial charge is 0.380 e. The van der Waals surface area contributed by atoms with Crippen molar-refractivity contribution < 1.29 is 22.7 Å². The molecule has 5 heterocycles. The fourth-order valence-electron chi connectivity index (χ4n) is 4.51. The minimum Gasteiger partial charge on any atom is -0.380 e. The van der Waals surface area contributed by atoms with Crippen LogP contribution in [-0.2, 0) is 4.74 Å². The quantitative estimate of drug-likeness (QED) is 0.345. The summed E-state index contributed by atoms with van der Waals surface area (Å²) in [5, 5.41) is 11.9. The highest BCUT2D eigenvalue weighted by Gasteiger charge is 2.39. The molecule has 4 aromatic rings. The number of pyridine rings is 1. The molecule has 1 atom stereocenters. The molecule has 11 nitrogen and oxygen atoms in total. The van der Waals surface area contributed by atoms with Crippen LogP contribution in [0.3, 0.4) is 0 Å². The lowest BCUT2D eigenvalue weighted by molar-refractivity contribution is -0.162. The number of thiazole rings is 1. The number of nitrogens with one attached hydrogen (secondary N) is 1. The molecule has 0 radical (unpaired) electrons. The highest BCUT2D eigenvalue weighted by molar-refractivity contribution is 7.13. The lowest BCUT2D eigenvalue weighted by atomic mass is 10.2. The van der Waals surface area contributed by atoms with Gasteiger partial charge in [0.15, 0.2) is 10.8 Å². The summed E-state index contributed by atoms with van der Waals surface area (Å²) in [5.74, 6) is 0.115. The maximum atomic E-state index is 13.3. The van der Waals surface area contributed by atoms with Crippen molar-refractivity contribution in [2.24, 2.45) is 0 Å². The number of carbonyl (C=O) groups excluding carboxylic acids is 1. The standard InChI is InChI=1S/C25H26F3N9O2S/c1-15(25(26,27)28)37-14-31-34-22(37)24-33-21(12-40-24)32-23(38)17-9-19(36-11-18(30-13-36)16-3-4-16)20(10-29-17)35-5-2-7-39-8-6-35/h9-16H,2-8H2,1H3,(H,32,38)/t15-/m0/s1. The number of rotatable bonds is 7. The van der Waals surface area contributed by atoms with E-state index < -0.39 is 18.1 Å². The van der Waals surface area contributed by atoms with E-state index >= 15 is 0 Å². The minimum atomic E-state index is -4.48. The van der Waals surface area contributed by atoms with Crippen LogP contribution in [0.2, 0.25) is 0 Å². The number of hydrogen-bond acceptors (Lipinski definition) is 9. The Morgan fingerprint density at radius 2 is 2.02 bits per heavy atom. The molecule has 15 heteroatoms. The lowest BCUT2D eigenvalue weighted by Crippen LogP contribution is -2.27. The third kappa shape index (κ3) is 5.43. The second-order valence-corrected chi connectivity index (χ2v) is 10.6. The van der Waals surface area contributed by atoms with Gasteiger partial charge in [0, 0.05) is 37.2 Å². The largest absolute Gasteiger partial charge is 0.408 e. The number of nitrogens with zero attached hydrogens (tertiary/aromatic N) is 8. The average molecular weight is 574 g/mol. The van der Waals surface area contributed by atoms with Crippen molar-refractivity contribution in [2.75, 3.05) is 36.5 Å². The molecule has 210 valence electrons. The summed E-state index contributed by atoms with van der Waals surface area (Å²) < 4.78 is 48.2. The Balaban J connectivity index is 1.26. The molecule has 1 saturated carbocycles. The Bertz CT molecular complexity index is 1500. The van der Waals surface area contributed by atoms with Crippen LogP contribution in [-0.4, -0.2) is 72.7 Å². The zero-order valence-corrected chi connectivity index (χ0v) is 22.3. The van der Waals surface area contributed by atoms with Gasteiger partial charge in [0.1, 0.15) is 23.9 Å². The van der Waals surface area contributed by atoms with E-state index in [9.17, 15) is 18.0 Å². The highest BCUT2D eigenvalue weighted by atomic mass is 32.1. The molecule has 0 aromatic carbocycles. The number of carbonyl (C=O) groups is 1. The summed E-state index contributed by atoms with van der Waals surface area (Å²) in [7, 11) is 0. The number of hydrogen-bond donors (Lipinski definition) is 1. The van der Waals surface area contributed by atoms with E-state index in [0.29, 0.717) is 25.7 Å². The first kappa shape index (κ1) is 26.4. The van der Waals surface area contributed by atoms with Crippen LogP contribution in [0.15, 0.2) is 36.5 Å². The van der Waals surface area contributed by atoms with E-state index in [1.165, 1.54) is 5.38 Å². The third-order valence-electron chi connectivity index (χ3n) is 6.93. The SMILES string of the molecule is C[C@H](n1cnnc1-c1nc(NC(=O)c2cc(-n3cnc(C4CC4)c3)c(N3CCCOCC3)cn2)cs1)C(F)(F)F. The van der Waals surface area contributed by atoms with Gasteiger partial charge in [-0.1, -0.05) is 0 Å². The van der Waals surface area contributed by atoms with Crippen LogP contribution in [0.25, 0.3) is 16.5 Å². The Hall–Kier alpha value is -3.85. The first-order valence-corrected chi connectivity index (χ1v) is 13.8. The van der Waals surface area contributed by atoms with E-state index in [0.717, 1.165) is 72.0 Å². The fourth-order valence-corrected chi connectivity index (χ4v) is 5.25. The van der Waals surface area contributed by atoms with Gasteiger partial charge in [0.05, 0.1) is 36.2 Å². The minimum absolute atomic E-state index is 0.0342. The number of amides is 1. The lowest BCUT2D eigenvalue weighted by Gasteiger charge is -2.25. The van der Waals surface area contributed by atoms with Gasteiger partial charge in [-0.2, -0.15) is 13.2 Å². The molecule has 1 saturated heterocycles. The number of ether oxygens (including phenoxy) is 1. The number of imidazole rings is 1. The maximum absolute atomic E-state index is 13.3. The second kappa shape index (κ2) is 10.6. The zero-order chi connectivity index (χ0) is 27.9. The van der Waals surface area contributed by atoms with Crippen LogP contribution in [0.5, 0.6) is 0 Å². The Labute approximate surface area is 231 Å². The first-order chi connectivity index (χ1) is 19.3. The van der Waals surface area contributed by atoms with Gasteiger partial charge in [-0.05, 0) is 32.3 Å². The molecule has 1 aliphatic heterocycles. The van der Waals surface area contributed by atoms with Gasteiger partial charge >= 0.3 is 6.18 Å². The number of aromatic nitrogens is 7. The summed E-state index contributed by atoms with van der Waals surface area (Å²) in [4.78, 5) is 28.7. The molecule has 0 unspecified atom stereocenters. The van der Waals surface area contributed by atoms with Crippen LogP contribution in [0.4, 0.5) is 24.7 Å². The molecular formula is C25H26F3N9O2S. The predicted octanol–water partition coefficient (Wildman–Crippen LogP) is 4.46. The van der Waals surface area contributed by atoms with Gasteiger partial charge < -0.3 is 19.5 Å². The molecule has 1 amide bonds. The van der Waals surface area contributed by atoms with E-state index in [-0.39, 0.29) is 22.3 Å². The Morgan fingerprint density at radius 1 is 1.18 bits per heavy atom. The van der Waals surface area contributed by atoms with Gasteiger partial charge in [0.2, 0.25) is 0 Å².